The van der Waals surface area contributed by atoms with Crippen LogP contribution in [0.3, 0.4) is 0 Å². The van der Waals surface area contributed by atoms with E-state index in [1.807, 2.05) is 35.0 Å². The second-order valence-corrected chi connectivity index (χ2v) is 6.90. The number of rotatable bonds is 6. The monoisotopic (exact) mass is 402 g/mol. The van der Waals surface area contributed by atoms with Crippen molar-refractivity contribution in [1.29, 1.82) is 0 Å². The minimum Gasteiger partial charge on any atom is -0.457 e. The summed E-state index contributed by atoms with van der Waals surface area (Å²) < 4.78 is 20.7. The maximum Gasteiger partial charge on any atom is 0.211 e. The lowest BCUT2D eigenvalue weighted by atomic mass is 10.1. The molecule has 4 aromatic rings. The molecule has 0 saturated carbocycles. The summed E-state index contributed by atoms with van der Waals surface area (Å²) in [6.07, 6.45) is 1.30. The molecule has 1 heterocycles. The van der Waals surface area contributed by atoms with Crippen LogP contribution < -0.4 is 4.74 Å². The maximum absolute atomic E-state index is 13.1. The van der Waals surface area contributed by atoms with Gasteiger partial charge in [-0.3, -0.25) is 0 Å². The Morgan fingerprint density at radius 3 is 2.30 bits per heavy atom. The van der Waals surface area contributed by atoms with Crippen molar-refractivity contribution in [2.24, 2.45) is 0 Å². The highest BCUT2D eigenvalue weighted by atomic mass is 19.1. The molecule has 0 aliphatic carbocycles. The fourth-order valence-electron chi connectivity index (χ4n) is 3.42. The number of nitrogens with zero attached hydrogens (tertiary/aromatic N) is 2. The highest BCUT2D eigenvalue weighted by Crippen LogP contribution is 2.34. The SMILES string of the molecule is [C-]#[N+]c1cccc2c(C[C@H](O)CO)cn(-c3ccc(Oc4ccc(F)cc4)cc3)c12. The van der Waals surface area contributed by atoms with Crippen molar-refractivity contribution >= 4 is 16.6 Å². The number of para-hydroxylation sites is 1. The largest absolute Gasteiger partial charge is 0.457 e. The Bertz CT molecular complexity index is 1210. The van der Waals surface area contributed by atoms with Gasteiger partial charge in [-0.15, -0.1) is 0 Å². The van der Waals surface area contributed by atoms with Crippen molar-refractivity contribution in [2.75, 3.05) is 6.61 Å². The van der Waals surface area contributed by atoms with Gasteiger partial charge in [0.2, 0.25) is 5.69 Å². The summed E-state index contributed by atoms with van der Waals surface area (Å²) in [5.74, 6) is 0.809. The Balaban J connectivity index is 1.71. The Labute approximate surface area is 173 Å². The molecule has 3 aromatic carbocycles. The molecular formula is C24H19FN2O3. The second-order valence-electron chi connectivity index (χ2n) is 6.90. The lowest BCUT2D eigenvalue weighted by Gasteiger charge is -2.09. The predicted octanol–water partition coefficient (Wildman–Crippen LogP) is 5.01. The van der Waals surface area contributed by atoms with Crippen LogP contribution in [0.25, 0.3) is 21.4 Å². The minimum atomic E-state index is -0.868. The molecule has 0 radical (unpaired) electrons. The summed E-state index contributed by atoms with van der Waals surface area (Å²) in [5, 5.41) is 20.0. The highest BCUT2D eigenvalue weighted by Gasteiger charge is 2.16. The molecule has 0 bridgehead atoms. The number of hydrogen-bond acceptors (Lipinski definition) is 3. The predicted molar refractivity (Wildman–Crippen MR) is 113 cm³/mol. The molecule has 4 rings (SSSR count). The van der Waals surface area contributed by atoms with E-state index in [0.717, 1.165) is 22.2 Å². The van der Waals surface area contributed by atoms with Gasteiger partial charge in [0, 0.05) is 18.3 Å². The molecule has 0 spiro atoms. The summed E-state index contributed by atoms with van der Waals surface area (Å²) in [5.41, 5.74) is 2.93. The number of aliphatic hydroxyl groups is 2. The lowest BCUT2D eigenvalue weighted by molar-refractivity contribution is 0.0957. The molecule has 0 aliphatic rings. The first-order valence-electron chi connectivity index (χ1n) is 9.42. The van der Waals surface area contributed by atoms with Gasteiger partial charge in [-0.1, -0.05) is 18.2 Å². The van der Waals surface area contributed by atoms with Gasteiger partial charge >= 0.3 is 0 Å². The normalized spacial score (nSPS) is 11.9. The van der Waals surface area contributed by atoms with Gasteiger partial charge < -0.3 is 19.5 Å². The second kappa shape index (κ2) is 8.37. The molecule has 1 aromatic heterocycles. The van der Waals surface area contributed by atoms with Crippen molar-refractivity contribution in [1.82, 2.24) is 4.57 Å². The third-order valence-corrected chi connectivity index (χ3v) is 4.84. The first-order valence-corrected chi connectivity index (χ1v) is 9.42. The summed E-state index contributed by atoms with van der Waals surface area (Å²) >= 11 is 0. The van der Waals surface area contributed by atoms with E-state index in [1.54, 1.807) is 30.3 Å². The average molecular weight is 402 g/mol. The van der Waals surface area contributed by atoms with Crippen LogP contribution in [0.5, 0.6) is 11.5 Å². The van der Waals surface area contributed by atoms with Gasteiger partial charge in [0.25, 0.3) is 0 Å². The minimum absolute atomic E-state index is 0.285. The van der Waals surface area contributed by atoms with Crippen molar-refractivity contribution in [3.05, 3.63) is 95.7 Å². The Kier molecular flexibility index (Phi) is 5.48. The molecule has 0 unspecified atom stereocenters. The maximum atomic E-state index is 13.1. The molecule has 2 N–H and O–H groups in total. The van der Waals surface area contributed by atoms with Crippen molar-refractivity contribution < 1.29 is 19.3 Å². The first kappa shape index (κ1) is 19.6. The van der Waals surface area contributed by atoms with E-state index in [4.69, 9.17) is 11.3 Å². The van der Waals surface area contributed by atoms with Crippen LogP contribution in [-0.2, 0) is 6.42 Å². The molecule has 5 nitrogen and oxygen atoms in total. The van der Waals surface area contributed by atoms with Gasteiger partial charge in [-0.25, -0.2) is 9.24 Å². The van der Waals surface area contributed by atoms with E-state index in [-0.39, 0.29) is 18.8 Å². The van der Waals surface area contributed by atoms with Gasteiger partial charge in [0.15, 0.2) is 0 Å². The van der Waals surface area contributed by atoms with Crippen molar-refractivity contribution in [3.8, 4) is 17.2 Å². The Morgan fingerprint density at radius 1 is 1.00 bits per heavy atom. The van der Waals surface area contributed by atoms with Crippen LogP contribution in [0.2, 0.25) is 0 Å². The third kappa shape index (κ3) is 3.90. The van der Waals surface area contributed by atoms with Crippen molar-refractivity contribution in [2.45, 2.75) is 12.5 Å². The van der Waals surface area contributed by atoms with Gasteiger partial charge in [0.1, 0.15) is 17.3 Å². The molecule has 1 atom stereocenters. The average Bonchev–Trinajstić information content (AvgIpc) is 3.14. The van der Waals surface area contributed by atoms with E-state index in [2.05, 4.69) is 4.85 Å². The van der Waals surface area contributed by atoms with Gasteiger partial charge in [-0.2, -0.15) is 0 Å². The lowest BCUT2D eigenvalue weighted by Crippen LogP contribution is -2.14. The molecule has 0 fully saturated rings. The number of aliphatic hydroxyl groups excluding tert-OH is 2. The number of ether oxygens (including phenoxy) is 1. The van der Waals surface area contributed by atoms with E-state index >= 15 is 0 Å². The third-order valence-electron chi connectivity index (χ3n) is 4.84. The zero-order valence-electron chi connectivity index (χ0n) is 16.0. The highest BCUT2D eigenvalue weighted by molar-refractivity contribution is 5.96. The van der Waals surface area contributed by atoms with Crippen LogP contribution in [0, 0.1) is 12.4 Å². The smallest absolute Gasteiger partial charge is 0.211 e. The number of benzene rings is 3. The standard InChI is InChI=1S/C24H19FN2O3/c1-26-23-4-2-3-22-16(13-19(29)15-28)14-27(24(22)23)18-7-11-21(12-8-18)30-20-9-5-17(25)6-10-20/h2-12,14,19,28-29H,13,15H2/t19-/m0/s1. The van der Waals surface area contributed by atoms with Crippen LogP contribution in [0.4, 0.5) is 10.1 Å². The molecule has 0 amide bonds. The molecule has 150 valence electrons. The summed E-state index contributed by atoms with van der Waals surface area (Å²) in [4.78, 5) is 3.64. The zero-order chi connectivity index (χ0) is 21.1. The van der Waals surface area contributed by atoms with Crippen molar-refractivity contribution in [3.63, 3.8) is 0 Å². The number of halogens is 1. The molecular weight excluding hydrogens is 383 g/mol. The fourth-order valence-corrected chi connectivity index (χ4v) is 3.42. The summed E-state index contributed by atoms with van der Waals surface area (Å²) in [7, 11) is 0. The molecule has 6 heteroatoms. The summed E-state index contributed by atoms with van der Waals surface area (Å²) in [6, 6.07) is 18.6. The van der Waals surface area contributed by atoms with E-state index in [0.29, 0.717) is 17.2 Å². The van der Waals surface area contributed by atoms with Gasteiger partial charge in [-0.05, 0) is 59.5 Å². The fraction of sp³-hybridized carbons (Fsp3) is 0.125. The van der Waals surface area contributed by atoms with Crippen LogP contribution in [0.1, 0.15) is 5.56 Å². The van der Waals surface area contributed by atoms with E-state index in [9.17, 15) is 14.6 Å². The van der Waals surface area contributed by atoms with Gasteiger partial charge in [0.05, 0.1) is 24.8 Å². The number of hydrogen-bond donors (Lipinski definition) is 2. The quantitative estimate of drug-likeness (QED) is 0.446. The molecule has 0 aliphatic heterocycles. The van der Waals surface area contributed by atoms with Crippen LogP contribution >= 0.6 is 0 Å². The Morgan fingerprint density at radius 2 is 1.67 bits per heavy atom. The molecule has 30 heavy (non-hydrogen) atoms. The topological polar surface area (TPSA) is 59.0 Å². The van der Waals surface area contributed by atoms with Crippen LogP contribution in [0.15, 0.2) is 72.9 Å². The number of aromatic nitrogens is 1. The van der Waals surface area contributed by atoms with E-state index < -0.39 is 6.10 Å². The first-order chi connectivity index (χ1) is 14.6. The van der Waals surface area contributed by atoms with E-state index in [1.165, 1.54) is 12.1 Å². The number of fused-ring (bicyclic) bond motifs is 1. The molecule has 0 saturated heterocycles. The summed E-state index contributed by atoms with van der Waals surface area (Å²) in [6.45, 7) is 7.19. The zero-order valence-corrected chi connectivity index (χ0v) is 16.0. The van der Waals surface area contributed by atoms with Crippen LogP contribution in [-0.4, -0.2) is 27.5 Å². The Hall–Kier alpha value is -3.66.